The highest BCUT2D eigenvalue weighted by atomic mass is 32.1. The van der Waals surface area contributed by atoms with Gasteiger partial charge in [-0.05, 0) is 29.6 Å². The summed E-state index contributed by atoms with van der Waals surface area (Å²) in [6, 6.07) is 7.85. The molecule has 0 spiro atoms. The van der Waals surface area contributed by atoms with Crippen LogP contribution >= 0.6 is 11.5 Å². The fourth-order valence-electron chi connectivity index (χ4n) is 2.16. The SMILES string of the molecule is COc1ccccc1CC(N)c1snnc1C(C)(C)C. The number of hydrogen-bond acceptors (Lipinski definition) is 5. The Bertz CT molecular complexity index is 574. The Labute approximate surface area is 124 Å². The average molecular weight is 291 g/mol. The van der Waals surface area contributed by atoms with Gasteiger partial charge in [0, 0.05) is 11.5 Å². The molecule has 1 aromatic heterocycles. The summed E-state index contributed by atoms with van der Waals surface area (Å²) in [6.07, 6.45) is 0.719. The lowest BCUT2D eigenvalue weighted by Crippen LogP contribution is -2.20. The standard InChI is InChI=1S/C15H21N3OS/c1-15(2,3)14-13(20-18-17-14)11(16)9-10-7-5-6-8-12(10)19-4/h5-8,11H,9,16H2,1-4H3. The van der Waals surface area contributed by atoms with E-state index in [1.54, 1.807) is 7.11 Å². The number of methoxy groups -OCH3 is 1. The van der Waals surface area contributed by atoms with Gasteiger partial charge in [0.15, 0.2) is 0 Å². The predicted molar refractivity (Wildman–Crippen MR) is 82.2 cm³/mol. The maximum Gasteiger partial charge on any atom is 0.122 e. The molecule has 1 unspecified atom stereocenters. The minimum absolute atomic E-state index is 0.0409. The van der Waals surface area contributed by atoms with E-state index in [0.717, 1.165) is 28.3 Å². The van der Waals surface area contributed by atoms with E-state index < -0.39 is 0 Å². The molecule has 1 heterocycles. The van der Waals surface area contributed by atoms with Crippen LogP contribution in [0.15, 0.2) is 24.3 Å². The highest BCUT2D eigenvalue weighted by Crippen LogP contribution is 2.32. The molecular formula is C15H21N3OS. The van der Waals surface area contributed by atoms with Crippen molar-refractivity contribution >= 4 is 11.5 Å². The van der Waals surface area contributed by atoms with Gasteiger partial charge < -0.3 is 10.5 Å². The van der Waals surface area contributed by atoms with Crippen LogP contribution in [-0.4, -0.2) is 16.7 Å². The van der Waals surface area contributed by atoms with Crippen molar-refractivity contribution < 1.29 is 4.74 Å². The lowest BCUT2D eigenvalue weighted by atomic mass is 9.89. The van der Waals surface area contributed by atoms with Gasteiger partial charge in [0.25, 0.3) is 0 Å². The van der Waals surface area contributed by atoms with Crippen LogP contribution < -0.4 is 10.5 Å². The second-order valence-electron chi connectivity index (χ2n) is 5.86. The van der Waals surface area contributed by atoms with E-state index in [1.165, 1.54) is 11.5 Å². The summed E-state index contributed by atoms with van der Waals surface area (Å²) >= 11 is 1.39. The second-order valence-corrected chi connectivity index (χ2v) is 6.64. The maximum absolute atomic E-state index is 6.37. The van der Waals surface area contributed by atoms with Crippen LogP contribution in [-0.2, 0) is 11.8 Å². The van der Waals surface area contributed by atoms with Crippen LogP contribution in [0.25, 0.3) is 0 Å². The minimum atomic E-state index is -0.111. The number of benzene rings is 1. The number of aromatic nitrogens is 2. The van der Waals surface area contributed by atoms with Gasteiger partial charge in [0.2, 0.25) is 0 Å². The zero-order valence-corrected chi connectivity index (χ0v) is 13.2. The Morgan fingerprint density at radius 2 is 2.00 bits per heavy atom. The van der Waals surface area contributed by atoms with E-state index >= 15 is 0 Å². The monoisotopic (exact) mass is 291 g/mol. The summed E-state index contributed by atoms with van der Waals surface area (Å²) < 4.78 is 9.45. The molecule has 20 heavy (non-hydrogen) atoms. The van der Waals surface area contributed by atoms with Gasteiger partial charge in [-0.25, -0.2) is 0 Å². The lowest BCUT2D eigenvalue weighted by molar-refractivity contribution is 0.408. The first-order valence-electron chi connectivity index (χ1n) is 6.63. The van der Waals surface area contributed by atoms with E-state index in [1.807, 2.05) is 24.3 Å². The Hall–Kier alpha value is -1.46. The van der Waals surface area contributed by atoms with E-state index in [4.69, 9.17) is 10.5 Å². The van der Waals surface area contributed by atoms with Crippen LogP contribution in [0.2, 0.25) is 0 Å². The van der Waals surface area contributed by atoms with Gasteiger partial charge in [-0.1, -0.05) is 43.5 Å². The zero-order valence-electron chi connectivity index (χ0n) is 12.4. The summed E-state index contributed by atoms with van der Waals surface area (Å²) in [6.45, 7) is 6.38. The molecule has 2 rings (SSSR count). The molecule has 0 fully saturated rings. The Kier molecular flexibility index (Phi) is 4.40. The highest BCUT2D eigenvalue weighted by molar-refractivity contribution is 7.05. The van der Waals surface area contributed by atoms with Gasteiger partial charge in [-0.15, -0.1) is 5.10 Å². The summed E-state index contributed by atoms with van der Waals surface area (Å²) in [7, 11) is 1.68. The molecule has 0 aliphatic heterocycles. The largest absolute Gasteiger partial charge is 0.496 e. The zero-order chi connectivity index (χ0) is 14.8. The van der Waals surface area contributed by atoms with Crippen molar-refractivity contribution in [3.63, 3.8) is 0 Å². The first-order valence-corrected chi connectivity index (χ1v) is 7.41. The molecule has 0 saturated carbocycles. The van der Waals surface area contributed by atoms with Crippen LogP contribution in [0.5, 0.6) is 5.75 Å². The molecule has 0 aliphatic carbocycles. The Balaban J connectivity index is 2.25. The van der Waals surface area contributed by atoms with Crippen LogP contribution in [0, 0.1) is 0 Å². The van der Waals surface area contributed by atoms with Gasteiger partial charge in [0.1, 0.15) is 5.75 Å². The predicted octanol–water partition coefficient (Wildman–Crippen LogP) is 3.09. The number of nitrogens with two attached hydrogens (primary N) is 1. The molecule has 1 aromatic carbocycles. The van der Waals surface area contributed by atoms with Crippen molar-refractivity contribution in [1.82, 2.24) is 9.59 Å². The Morgan fingerprint density at radius 3 is 2.65 bits per heavy atom. The molecule has 4 nitrogen and oxygen atoms in total. The molecule has 0 radical (unpaired) electrons. The number of hydrogen-bond donors (Lipinski definition) is 1. The van der Waals surface area contributed by atoms with Crippen LogP contribution in [0.3, 0.4) is 0 Å². The minimum Gasteiger partial charge on any atom is -0.496 e. The van der Waals surface area contributed by atoms with E-state index in [2.05, 4.69) is 30.4 Å². The number of ether oxygens (including phenoxy) is 1. The topological polar surface area (TPSA) is 61.0 Å². The lowest BCUT2D eigenvalue weighted by Gasteiger charge is -2.20. The molecular weight excluding hydrogens is 270 g/mol. The average Bonchev–Trinajstić information content (AvgIpc) is 2.88. The smallest absolute Gasteiger partial charge is 0.122 e. The summed E-state index contributed by atoms with van der Waals surface area (Å²) in [5.41, 5.74) is 8.42. The van der Waals surface area contributed by atoms with Crippen molar-refractivity contribution in [3.05, 3.63) is 40.4 Å². The van der Waals surface area contributed by atoms with E-state index in [-0.39, 0.29) is 11.5 Å². The van der Waals surface area contributed by atoms with Crippen molar-refractivity contribution in [2.45, 2.75) is 38.6 Å². The molecule has 5 heteroatoms. The third kappa shape index (κ3) is 3.16. The normalized spacial score (nSPS) is 13.2. The van der Waals surface area contributed by atoms with Crippen molar-refractivity contribution in [3.8, 4) is 5.75 Å². The number of para-hydroxylation sites is 1. The molecule has 2 N–H and O–H groups in total. The van der Waals surface area contributed by atoms with Gasteiger partial charge in [0.05, 0.1) is 17.7 Å². The summed E-state index contributed by atoms with van der Waals surface area (Å²) in [4.78, 5) is 1.06. The molecule has 0 aliphatic rings. The van der Waals surface area contributed by atoms with Crippen LogP contribution in [0.4, 0.5) is 0 Å². The quantitative estimate of drug-likeness (QED) is 0.940. The van der Waals surface area contributed by atoms with Crippen molar-refractivity contribution in [2.24, 2.45) is 5.73 Å². The number of nitrogens with zero attached hydrogens (tertiary/aromatic N) is 2. The van der Waals surface area contributed by atoms with Gasteiger partial charge >= 0.3 is 0 Å². The molecule has 0 saturated heterocycles. The molecule has 1 atom stereocenters. The van der Waals surface area contributed by atoms with Gasteiger partial charge in [-0.2, -0.15) is 0 Å². The maximum atomic E-state index is 6.37. The van der Waals surface area contributed by atoms with Gasteiger partial charge in [-0.3, -0.25) is 0 Å². The van der Waals surface area contributed by atoms with E-state index in [0.29, 0.717) is 0 Å². The van der Waals surface area contributed by atoms with E-state index in [9.17, 15) is 0 Å². The fourth-order valence-corrected chi connectivity index (χ4v) is 3.02. The van der Waals surface area contributed by atoms with Crippen molar-refractivity contribution in [1.29, 1.82) is 0 Å². The first kappa shape index (κ1) is 14.9. The third-order valence-electron chi connectivity index (χ3n) is 3.19. The summed E-state index contributed by atoms with van der Waals surface area (Å²) in [5.74, 6) is 0.873. The summed E-state index contributed by atoms with van der Waals surface area (Å²) in [5, 5.41) is 4.25. The highest BCUT2D eigenvalue weighted by Gasteiger charge is 2.26. The fraction of sp³-hybridized carbons (Fsp3) is 0.467. The van der Waals surface area contributed by atoms with Crippen molar-refractivity contribution in [2.75, 3.05) is 7.11 Å². The molecule has 0 bridgehead atoms. The third-order valence-corrected chi connectivity index (χ3v) is 4.05. The Morgan fingerprint density at radius 1 is 1.30 bits per heavy atom. The first-order chi connectivity index (χ1) is 9.43. The van der Waals surface area contributed by atoms with Crippen LogP contribution in [0.1, 0.15) is 42.9 Å². The molecule has 108 valence electrons. The molecule has 0 amide bonds. The molecule has 2 aromatic rings. The number of rotatable bonds is 4. The second kappa shape index (κ2) is 5.89.